The maximum absolute atomic E-state index is 10.8. The molecule has 0 unspecified atom stereocenters. The summed E-state index contributed by atoms with van der Waals surface area (Å²) in [5.74, 6) is -0.541. The number of piperidine rings is 1. The van der Waals surface area contributed by atoms with Gasteiger partial charge in [-0.3, -0.25) is 9.69 Å². The minimum absolute atomic E-state index is 0.125. The number of nitrogens with zero attached hydrogens (tertiary/aromatic N) is 4. The number of aromatic nitrogens is 3. The fraction of sp³-hybridized carbons (Fsp3) is 0.471. The molecule has 1 saturated heterocycles. The summed E-state index contributed by atoms with van der Waals surface area (Å²) in [6, 6.07) is 10.6. The number of rotatable bonds is 5. The number of likely N-dealkylation sites (tertiary alicyclic amines) is 1. The predicted molar refractivity (Wildman–Crippen MR) is 86.3 cm³/mol. The smallest absolute Gasteiger partial charge is 0.317 e. The molecule has 1 aromatic carbocycles. The van der Waals surface area contributed by atoms with Crippen molar-refractivity contribution >= 4 is 5.97 Å². The molecule has 122 valence electrons. The van der Waals surface area contributed by atoms with E-state index in [0.717, 1.165) is 31.6 Å². The van der Waals surface area contributed by atoms with Crippen LogP contribution in [0, 0.1) is 0 Å². The van der Waals surface area contributed by atoms with Gasteiger partial charge < -0.3 is 5.11 Å². The van der Waals surface area contributed by atoms with Crippen LogP contribution in [-0.4, -0.2) is 50.6 Å². The summed E-state index contributed by atoms with van der Waals surface area (Å²) in [6.07, 6.45) is 3.86. The van der Waals surface area contributed by atoms with Crippen LogP contribution in [0.15, 0.2) is 36.5 Å². The van der Waals surface area contributed by atoms with E-state index in [1.807, 2.05) is 34.0 Å². The molecule has 1 aliphatic heterocycles. The first kappa shape index (κ1) is 15.7. The summed E-state index contributed by atoms with van der Waals surface area (Å²) in [7, 11) is 0. The lowest BCUT2D eigenvalue weighted by atomic mass is 9.98. The molecule has 0 radical (unpaired) electrons. The second-order valence-electron chi connectivity index (χ2n) is 6.16. The molecule has 0 aliphatic carbocycles. The van der Waals surface area contributed by atoms with Gasteiger partial charge in [0.1, 0.15) is 0 Å². The van der Waals surface area contributed by atoms with Crippen molar-refractivity contribution in [1.82, 2.24) is 19.9 Å². The molecular formula is C17H22N4O2. The van der Waals surface area contributed by atoms with Gasteiger partial charge >= 0.3 is 5.97 Å². The van der Waals surface area contributed by atoms with Crippen LogP contribution >= 0.6 is 0 Å². The van der Waals surface area contributed by atoms with Crippen LogP contribution in [0.1, 0.15) is 43.0 Å². The van der Waals surface area contributed by atoms with Crippen molar-refractivity contribution in [3.05, 3.63) is 47.8 Å². The summed E-state index contributed by atoms with van der Waals surface area (Å²) in [5, 5.41) is 17.5. The van der Waals surface area contributed by atoms with E-state index in [9.17, 15) is 4.79 Å². The minimum atomic E-state index is -0.761. The third-order valence-corrected chi connectivity index (χ3v) is 4.56. The Balaban J connectivity index is 1.63. The molecule has 0 bridgehead atoms. The van der Waals surface area contributed by atoms with Crippen molar-refractivity contribution in [3.8, 4) is 0 Å². The fourth-order valence-electron chi connectivity index (χ4n) is 3.11. The summed E-state index contributed by atoms with van der Waals surface area (Å²) in [5.41, 5.74) is 2.21. The molecule has 3 rings (SSSR count). The fourth-order valence-corrected chi connectivity index (χ4v) is 3.11. The maximum atomic E-state index is 10.8. The second-order valence-corrected chi connectivity index (χ2v) is 6.16. The van der Waals surface area contributed by atoms with Crippen LogP contribution in [0.5, 0.6) is 0 Å². The molecule has 0 saturated carbocycles. The third kappa shape index (κ3) is 3.76. The molecule has 1 aliphatic rings. The molecule has 2 heterocycles. The number of aliphatic carboxylic acids is 1. The highest BCUT2D eigenvalue weighted by molar-refractivity contribution is 5.69. The molecule has 1 aromatic heterocycles. The van der Waals surface area contributed by atoms with Crippen molar-refractivity contribution in [2.45, 2.75) is 31.7 Å². The highest BCUT2D eigenvalue weighted by Crippen LogP contribution is 2.25. The third-order valence-electron chi connectivity index (χ3n) is 4.56. The van der Waals surface area contributed by atoms with Gasteiger partial charge in [0, 0.05) is 25.2 Å². The van der Waals surface area contributed by atoms with Gasteiger partial charge in [-0.15, -0.1) is 5.10 Å². The first-order valence-electron chi connectivity index (χ1n) is 8.04. The average molecular weight is 314 g/mol. The maximum Gasteiger partial charge on any atom is 0.317 e. The van der Waals surface area contributed by atoms with Gasteiger partial charge in [0.25, 0.3) is 0 Å². The Morgan fingerprint density at radius 3 is 2.65 bits per heavy atom. The second kappa shape index (κ2) is 6.91. The van der Waals surface area contributed by atoms with Crippen LogP contribution in [0.4, 0.5) is 0 Å². The summed E-state index contributed by atoms with van der Waals surface area (Å²) >= 11 is 0. The van der Waals surface area contributed by atoms with Crippen molar-refractivity contribution in [2.75, 3.05) is 19.6 Å². The number of hydrogen-bond donors (Lipinski definition) is 1. The Morgan fingerprint density at radius 1 is 1.30 bits per heavy atom. The number of benzene rings is 1. The Labute approximate surface area is 135 Å². The van der Waals surface area contributed by atoms with E-state index < -0.39 is 5.97 Å². The van der Waals surface area contributed by atoms with Gasteiger partial charge in [-0.05, 0) is 18.4 Å². The largest absolute Gasteiger partial charge is 0.480 e. The Kier molecular flexibility index (Phi) is 4.71. The summed E-state index contributed by atoms with van der Waals surface area (Å²) in [6.45, 7) is 3.85. The van der Waals surface area contributed by atoms with E-state index in [1.54, 1.807) is 0 Å². The molecule has 1 N–H and O–H groups in total. The van der Waals surface area contributed by atoms with E-state index in [2.05, 4.69) is 29.4 Å². The molecule has 23 heavy (non-hydrogen) atoms. The topological polar surface area (TPSA) is 71.2 Å². The normalized spacial score (nSPS) is 18.0. The number of carbonyl (C=O) groups is 1. The van der Waals surface area contributed by atoms with Gasteiger partial charge in [0.15, 0.2) is 0 Å². The number of carboxylic acids is 1. The van der Waals surface area contributed by atoms with Crippen molar-refractivity contribution in [2.24, 2.45) is 0 Å². The quantitative estimate of drug-likeness (QED) is 0.915. The first-order chi connectivity index (χ1) is 11.1. The molecule has 6 nitrogen and oxygen atoms in total. The first-order valence-corrected chi connectivity index (χ1v) is 8.04. The van der Waals surface area contributed by atoms with E-state index in [0.29, 0.717) is 6.04 Å². The highest BCUT2D eigenvalue weighted by Gasteiger charge is 2.23. The predicted octanol–water partition coefficient (Wildman–Crippen LogP) is 2.15. The van der Waals surface area contributed by atoms with Gasteiger partial charge in [-0.25, -0.2) is 4.68 Å². The summed E-state index contributed by atoms with van der Waals surface area (Å²) < 4.78 is 1.95. The van der Waals surface area contributed by atoms with Crippen molar-refractivity contribution in [3.63, 3.8) is 0 Å². The standard InChI is InChI=1S/C17H22N4O2/c1-13(14-5-3-2-4-6-14)16-11-21(19-18-16)15-7-9-20(10-8-15)12-17(22)23/h2-6,11,13,15H,7-10,12H2,1H3,(H,22,23)/t13-/m1/s1. The zero-order valence-electron chi connectivity index (χ0n) is 13.3. The van der Waals surface area contributed by atoms with Crippen LogP contribution < -0.4 is 0 Å². The van der Waals surface area contributed by atoms with E-state index >= 15 is 0 Å². The van der Waals surface area contributed by atoms with Gasteiger partial charge in [-0.1, -0.05) is 42.5 Å². The molecule has 6 heteroatoms. The molecule has 0 amide bonds. The number of hydrogen-bond acceptors (Lipinski definition) is 4. The average Bonchev–Trinajstić information content (AvgIpc) is 3.05. The van der Waals surface area contributed by atoms with Gasteiger partial charge in [-0.2, -0.15) is 0 Å². The Hall–Kier alpha value is -2.21. The zero-order valence-corrected chi connectivity index (χ0v) is 13.3. The SMILES string of the molecule is C[C@H](c1ccccc1)c1cn(C2CCN(CC(=O)O)CC2)nn1. The molecule has 1 atom stereocenters. The van der Waals surface area contributed by atoms with Crippen molar-refractivity contribution < 1.29 is 9.90 Å². The van der Waals surface area contributed by atoms with Crippen LogP contribution in [-0.2, 0) is 4.79 Å². The number of carboxylic acid groups (broad SMARTS) is 1. The Bertz CT molecular complexity index is 648. The monoisotopic (exact) mass is 314 g/mol. The molecular weight excluding hydrogens is 292 g/mol. The van der Waals surface area contributed by atoms with E-state index in [1.165, 1.54) is 5.56 Å². The summed E-state index contributed by atoms with van der Waals surface area (Å²) in [4.78, 5) is 12.7. The zero-order chi connectivity index (χ0) is 16.2. The van der Waals surface area contributed by atoms with E-state index in [-0.39, 0.29) is 12.5 Å². The highest BCUT2D eigenvalue weighted by atomic mass is 16.4. The van der Waals surface area contributed by atoms with E-state index in [4.69, 9.17) is 5.11 Å². The molecule has 1 fully saturated rings. The Morgan fingerprint density at radius 2 is 2.00 bits per heavy atom. The molecule has 2 aromatic rings. The van der Waals surface area contributed by atoms with Gasteiger partial charge in [0.05, 0.1) is 18.3 Å². The lowest BCUT2D eigenvalue weighted by Gasteiger charge is -2.30. The lowest BCUT2D eigenvalue weighted by molar-refractivity contribution is -0.138. The lowest BCUT2D eigenvalue weighted by Crippen LogP contribution is -2.38. The van der Waals surface area contributed by atoms with Crippen LogP contribution in [0.3, 0.4) is 0 Å². The van der Waals surface area contributed by atoms with Crippen LogP contribution in [0.25, 0.3) is 0 Å². The van der Waals surface area contributed by atoms with Gasteiger partial charge in [0.2, 0.25) is 0 Å². The van der Waals surface area contributed by atoms with Crippen molar-refractivity contribution in [1.29, 1.82) is 0 Å². The molecule has 0 spiro atoms. The minimum Gasteiger partial charge on any atom is -0.480 e. The van der Waals surface area contributed by atoms with Crippen LogP contribution in [0.2, 0.25) is 0 Å².